The second kappa shape index (κ2) is 7.01. The summed E-state index contributed by atoms with van der Waals surface area (Å²) in [5.41, 5.74) is 2.70. The van der Waals surface area contributed by atoms with Gasteiger partial charge in [-0.1, -0.05) is 24.3 Å². The summed E-state index contributed by atoms with van der Waals surface area (Å²) in [5.74, 6) is 1.90. The normalized spacial score (nSPS) is 14.1. The van der Waals surface area contributed by atoms with Crippen molar-refractivity contribution in [3.05, 3.63) is 59.7 Å². The Morgan fingerprint density at radius 1 is 1.10 bits per heavy atom. The molecule has 110 valence electrons. The molecule has 0 amide bonds. The van der Waals surface area contributed by atoms with E-state index in [1.807, 2.05) is 23.9 Å². The summed E-state index contributed by atoms with van der Waals surface area (Å²) in [5, 5.41) is 3.56. The summed E-state index contributed by atoms with van der Waals surface area (Å²) in [4.78, 5) is 1.33. The van der Waals surface area contributed by atoms with Crippen molar-refractivity contribution in [2.45, 2.75) is 36.1 Å². The number of thioether (sulfide) groups is 1. The highest BCUT2D eigenvalue weighted by molar-refractivity contribution is 7.98. The van der Waals surface area contributed by atoms with E-state index in [4.69, 9.17) is 4.74 Å². The molecule has 0 spiro atoms. The molecule has 0 heterocycles. The van der Waals surface area contributed by atoms with Crippen LogP contribution in [-0.4, -0.2) is 13.2 Å². The van der Waals surface area contributed by atoms with E-state index >= 15 is 0 Å². The molecule has 0 aliphatic heterocycles. The van der Waals surface area contributed by atoms with E-state index in [0.29, 0.717) is 0 Å². The predicted octanol–water partition coefficient (Wildman–Crippen LogP) is 4.24. The lowest BCUT2D eigenvalue weighted by atomic mass is 10.2. The second-order valence-electron chi connectivity index (χ2n) is 5.44. The average molecular weight is 299 g/mol. The van der Waals surface area contributed by atoms with Gasteiger partial charge in [0.15, 0.2) is 0 Å². The van der Waals surface area contributed by atoms with E-state index in [1.54, 1.807) is 7.11 Å². The molecule has 1 fully saturated rings. The van der Waals surface area contributed by atoms with Gasteiger partial charge < -0.3 is 10.1 Å². The monoisotopic (exact) mass is 299 g/mol. The molecular formula is C18H21NOS. The van der Waals surface area contributed by atoms with Gasteiger partial charge in [0, 0.05) is 23.2 Å². The van der Waals surface area contributed by atoms with E-state index in [1.165, 1.54) is 28.9 Å². The molecule has 3 heteroatoms. The first-order valence-corrected chi connectivity index (χ1v) is 8.40. The zero-order valence-corrected chi connectivity index (χ0v) is 13.2. The largest absolute Gasteiger partial charge is 0.497 e. The van der Waals surface area contributed by atoms with Gasteiger partial charge in [-0.2, -0.15) is 0 Å². The molecule has 21 heavy (non-hydrogen) atoms. The summed E-state index contributed by atoms with van der Waals surface area (Å²) >= 11 is 1.88. The molecule has 0 saturated heterocycles. The first kappa shape index (κ1) is 14.5. The Morgan fingerprint density at radius 3 is 2.62 bits per heavy atom. The fraction of sp³-hybridized carbons (Fsp3) is 0.333. The predicted molar refractivity (Wildman–Crippen MR) is 88.9 cm³/mol. The first-order chi connectivity index (χ1) is 10.3. The molecule has 1 aliphatic carbocycles. The first-order valence-electron chi connectivity index (χ1n) is 7.41. The van der Waals surface area contributed by atoms with Gasteiger partial charge in [0.25, 0.3) is 0 Å². The van der Waals surface area contributed by atoms with Crippen molar-refractivity contribution in [3.63, 3.8) is 0 Å². The molecule has 2 nitrogen and oxygen atoms in total. The van der Waals surface area contributed by atoms with Gasteiger partial charge in [0.2, 0.25) is 0 Å². The number of methoxy groups -OCH3 is 1. The molecule has 1 saturated carbocycles. The van der Waals surface area contributed by atoms with Crippen LogP contribution in [0.3, 0.4) is 0 Å². The summed E-state index contributed by atoms with van der Waals surface area (Å²) in [6.07, 6.45) is 2.68. The van der Waals surface area contributed by atoms with Crippen LogP contribution in [0.1, 0.15) is 24.0 Å². The maximum atomic E-state index is 5.19. The van der Waals surface area contributed by atoms with Crippen LogP contribution in [-0.2, 0) is 12.3 Å². The molecule has 2 aromatic rings. The third-order valence-corrected chi connectivity index (χ3v) is 4.70. The van der Waals surface area contributed by atoms with Crippen LogP contribution in [0.25, 0.3) is 0 Å². The Kier molecular flexibility index (Phi) is 4.84. The maximum absolute atomic E-state index is 5.19. The van der Waals surface area contributed by atoms with Crippen LogP contribution in [0, 0.1) is 0 Å². The van der Waals surface area contributed by atoms with Crippen molar-refractivity contribution in [1.82, 2.24) is 5.32 Å². The zero-order chi connectivity index (χ0) is 14.5. The molecule has 0 atom stereocenters. The lowest BCUT2D eigenvalue weighted by molar-refractivity contribution is 0.414. The van der Waals surface area contributed by atoms with Crippen molar-refractivity contribution < 1.29 is 4.74 Å². The lowest BCUT2D eigenvalue weighted by Crippen LogP contribution is -2.15. The highest BCUT2D eigenvalue weighted by Crippen LogP contribution is 2.25. The van der Waals surface area contributed by atoms with Gasteiger partial charge >= 0.3 is 0 Å². The molecule has 0 unspecified atom stereocenters. The average Bonchev–Trinajstić information content (AvgIpc) is 3.36. The summed E-state index contributed by atoms with van der Waals surface area (Å²) in [6.45, 7) is 0.988. The minimum absolute atomic E-state index is 0.764. The van der Waals surface area contributed by atoms with Crippen molar-refractivity contribution in [2.24, 2.45) is 0 Å². The molecule has 3 rings (SSSR count). The third-order valence-electron chi connectivity index (χ3n) is 3.64. The van der Waals surface area contributed by atoms with Gasteiger partial charge in [-0.05, 0) is 48.2 Å². The number of nitrogens with one attached hydrogen (secondary N) is 1. The summed E-state index contributed by atoms with van der Waals surface area (Å²) in [6, 6.07) is 17.9. The molecule has 2 aromatic carbocycles. The van der Waals surface area contributed by atoms with E-state index in [9.17, 15) is 0 Å². The quantitative estimate of drug-likeness (QED) is 0.773. The Morgan fingerprint density at radius 2 is 1.90 bits per heavy atom. The second-order valence-corrected chi connectivity index (χ2v) is 6.49. The zero-order valence-electron chi connectivity index (χ0n) is 12.3. The highest BCUT2D eigenvalue weighted by atomic mass is 32.2. The Balaban J connectivity index is 1.54. The summed E-state index contributed by atoms with van der Waals surface area (Å²) in [7, 11) is 1.70. The van der Waals surface area contributed by atoms with Gasteiger partial charge in [-0.3, -0.25) is 0 Å². The molecular weight excluding hydrogens is 278 g/mol. The molecule has 0 aromatic heterocycles. The number of hydrogen-bond donors (Lipinski definition) is 1. The SMILES string of the molecule is COc1ccc(CSc2cccc(CNC3CC3)c2)cc1. The van der Waals surface area contributed by atoms with E-state index in [2.05, 4.69) is 41.7 Å². The van der Waals surface area contributed by atoms with Crippen molar-refractivity contribution in [3.8, 4) is 5.75 Å². The number of hydrogen-bond acceptors (Lipinski definition) is 3. The van der Waals surface area contributed by atoms with Crippen LogP contribution >= 0.6 is 11.8 Å². The number of ether oxygens (including phenoxy) is 1. The van der Waals surface area contributed by atoms with E-state index < -0.39 is 0 Å². The van der Waals surface area contributed by atoms with E-state index in [0.717, 1.165) is 24.1 Å². The Labute approximate surface area is 130 Å². The topological polar surface area (TPSA) is 21.3 Å². The van der Waals surface area contributed by atoms with Gasteiger partial charge in [0.1, 0.15) is 5.75 Å². The Bertz CT molecular complexity index is 578. The van der Waals surface area contributed by atoms with Gasteiger partial charge in [-0.15, -0.1) is 11.8 Å². The van der Waals surface area contributed by atoms with Crippen molar-refractivity contribution in [2.75, 3.05) is 7.11 Å². The minimum atomic E-state index is 0.764. The molecule has 1 aliphatic rings. The fourth-order valence-electron chi connectivity index (χ4n) is 2.18. The van der Waals surface area contributed by atoms with Crippen molar-refractivity contribution in [1.29, 1.82) is 0 Å². The van der Waals surface area contributed by atoms with Crippen LogP contribution in [0.4, 0.5) is 0 Å². The fourth-order valence-corrected chi connectivity index (χ4v) is 3.12. The molecule has 0 radical (unpaired) electrons. The summed E-state index contributed by atoms with van der Waals surface area (Å²) < 4.78 is 5.19. The highest BCUT2D eigenvalue weighted by Gasteiger charge is 2.19. The number of rotatable bonds is 7. The smallest absolute Gasteiger partial charge is 0.118 e. The van der Waals surface area contributed by atoms with Crippen molar-refractivity contribution >= 4 is 11.8 Å². The third kappa shape index (κ3) is 4.51. The molecule has 1 N–H and O–H groups in total. The molecule has 0 bridgehead atoms. The Hall–Kier alpha value is -1.45. The lowest BCUT2D eigenvalue weighted by Gasteiger charge is -2.07. The number of benzene rings is 2. The van der Waals surface area contributed by atoms with Crippen LogP contribution in [0.15, 0.2) is 53.4 Å². The minimum Gasteiger partial charge on any atom is -0.497 e. The van der Waals surface area contributed by atoms with Crippen LogP contribution in [0.5, 0.6) is 5.75 Å². The maximum Gasteiger partial charge on any atom is 0.118 e. The van der Waals surface area contributed by atoms with E-state index in [-0.39, 0.29) is 0 Å². The van der Waals surface area contributed by atoms with Gasteiger partial charge in [0.05, 0.1) is 7.11 Å². The van der Waals surface area contributed by atoms with Crippen LogP contribution in [0.2, 0.25) is 0 Å². The van der Waals surface area contributed by atoms with Crippen LogP contribution < -0.4 is 10.1 Å². The van der Waals surface area contributed by atoms with Gasteiger partial charge in [-0.25, -0.2) is 0 Å². The standard InChI is InChI=1S/C18H21NOS/c1-20-17-9-5-14(6-10-17)13-21-18-4-2-3-15(11-18)12-19-16-7-8-16/h2-6,9-11,16,19H,7-8,12-13H2,1H3.